The van der Waals surface area contributed by atoms with Gasteiger partial charge in [-0.25, -0.2) is 8.42 Å². The molecule has 1 fully saturated rings. The number of sulfone groups is 1. The van der Waals surface area contributed by atoms with Crippen molar-refractivity contribution < 1.29 is 13.2 Å². The van der Waals surface area contributed by atoms with Crippen molar-refractivity contribution >= 4 is 21.4 Å². The minimum atomic E-state index is -3.21. The number of rotatable bonds is 10. The number of pyridine rings is 1. The summed E-state index contributed by atoms with van der Waals surface area (Å²) in [6, 6.07) is 15.0. The summed E-state index contributed by atoms with van der Waals surface area (Å²) in [4.78, 5) is 8.32. The second kappa shape index (κ2) is 9.77. The van der Waals surface area contributed by atoms with Crippen LogP contribution in [-0.2, 0) is 14.6 Å². The Balaban J connectivity index is 1.67. The first-order chi connectivity index (χ1) is 15.4. The number of hydrogen-bond acceptors (Lipinski definition) is 4. The molecule has 7 heteroatoms. The molecule has 2 heterocycles. The smallest absolute Gasteiger partial charge is 0.181 e. The van der Waals surface area contributed by atoms with Crippen LogP contribution in [-0.4, -0.2) is 37.4 Å². The maximum absolute atomic E-state index is 12.6. The van der Waals surface area contributed by atoms with Crippen LogP contribution in [0.3, 0.4) is 0 Å². The van der Waals surface area contributed by atoms with E-state index in [1.807, 2.05) is 36.4 Å². The minimum absolute atomic E-state index is 0.00416. The molecule has 5 nitrogen and oxygen atoms in total. The van der Waals surface area contributed by atoms with E-state index in [4.69, 9.17) is 16.3 Å². The number of H-pyrrole nitrogens is 1. The van der Waals surface area contributed by atoms with Crippen LogP contribution in [0.15, 0.2) is 59.6 Å². The van der Waals surface area contributed by atoms with Crippen molar-refractivity contribution in [3.8, 4) is 11.4 Å². The number of aromatic amines is 1. The molecule has 32 heavy (non-hydrogen) atoms. The van der Waals surface area contributed by atoms with Crippen LogP contribution in [0, 0.1) is 5.92 Å². The van der Waals surface area contributed by atoms with E-state index in [-0.39, 0.29) is 11.2 Å². The van der Waals surface area contributed by atoms with E-state index in [0.717, 1.165) is 48.3 Å². The van der Waals surface area contributed by atoms with E-state index in [9.17, 15) is 8.42 Å². The zero-order valence-electron chi connectivity index (χ0n) is 18.4. The third-order valence-corrected chi connectivity index (χ3v) is 8.71. The number of nitrogens with one attached hydrogen (secondary N) is 1. The van der Waals surface area contributed by atoms with Gasteiger partial charge in [-0.15, -0.1) is 0 Å². The lowest BCUT2D eigenvalue weighted by Crippen LogP contribution is -2.11. The average molecular weight is 473 g/mol. The molecule has 0 spiro atoms. The summed E-state index contributed by atoms with van der Waals surface area (Å²) in [6.07, 6.45) is 5.08. The van der Waals surface area contributed by atoms with Crippen molar-refractivity contribution in [3.05, 3.63) is 71.0 Å². The van der Waals surface area contributed by atoms with Gasteiger partial charge in [0.2, 0.25) is 0 Å². The van der Waals surface area contributed by atoms with E-state index < -0.39 is 9.84 Å². The number of nitrogens with zero attached hydrogens (tertiary/aromatic N) is 1. The molecule has 0 radical (unpaired) electrons. The van der Waals surface area contributed by atoms with Gasteiger partial charge in [-0.2, -0.15) is 0 Å². The third-order valence-electron chi connectivity index (χ3n) is 6.11. The summed E-state index contributed by atoms with van der Waals surface area (Å²) < 4.78 is 30.5. The largest absolute Gasteiger partial charge is 0.385 e. The van der Waals surface area contributed by atoms with Gasteiger partial charge in [0.15, 0.2) is 9.84 Å². The highest BCUT2D eigenvalue weighted by molar-refractivity contribution is 7.92. The van der Waals surface area contributed by atoms with Crippen molar-refractivity contribution in [2.24, 2.45) is 5.92 Å². The molecule has 3 aromatic rings. The number of benzene rings is 1. The topological polar surface area (TPSA) is 72.1 Å². The van der Waals surface area contributed by atoms with Crippen molar-refractivity contribution in [3.63, 3.8) is 0 Å². The predicted octanol–water partition coefficient (Wildman–Crippen LogP) is 5.86. The highest BCUT2D eigenvalue weighted by atomic mass is 35.5. The van der Waals surface area contributed by atoms with Gasteiger partial charge in [0.05, 0.1) is 26.6 Å². The molecular formula is C25H29ClN2O3S. The van der Waals surface area contributed by atoms with Gasteiger partial charge in [-0.05, 0) is 67.5 Å². The fourth-order valence-electron chi connectivity index (χ4n) is 4.08. The van der Waals surface area contributed by atoms with Gasteiger partial charge in [-0.1, -0.05) is 36.7 Å². The summed E-state index contributed by atoms with van der Waals surface area (Å²) in [5, 5.41) is 0.446. The zero-order chi connectivity index (χ0) is 22.7. The van der Waals surface area contributed by atoms with Crippen molar-refractivity contribution in [2.45, 2.75) is 48.7 Å². The van der Waals surface area contributed by atoms with Gasteiger partial charge >= 0.3 is 0 Å². The molecule has 2 aromatic heterocycles. The summed E-state index contributed by atoms with van der Waals surface area (Å²) in [7, 11) is -1.49. The molecule has 170 valence electrons. The highest BCUT2D eigenvalue weighted by Crippen LogP contribution is 2.39. The second-order valence-electron chi connectivity index (χ2n) is 8.65. The standard InChI is InChI=1S/C25H29ClN2O3S/c1-17(12-14-31-2)15-21(18-6-8-19(9-7-18)32(29,30)20-10-11-20)25-22(26)16-24(28-25)23-5-3-4-13-27-23/h3-9,13,16-17,20-21,28H,10-12,14-15H2,1-2H3. The molecule has 0 saturated heterocycles. The van der Waals surface area contributed by atoms with Crippen LogP contribution in [0.1, 0.15) is 49.8 Å². The van der Waals surface area contributed by atoms with Crippen LogP contribution in [0.5, 0.6) is 0 Å². The van der Waals surface area contributed by atoms with Crippen LogP contribution in [0.25, 0.3) is 11.4 Å². The molecule has 0 aliphatic heterocycles. The van der Waals surface area contributed by atoms with Crippen molar-refractivity contribution in [1.29, 1.82) is 0 Å². The minimum Gasteiger partial charge on any atom is -0.385 e. The first kappa shape index (κ1) is 23.0. The molecule has 0 bridgehead atoms. The van der Waals surface area contributed by atoms with E-state index in [1.165, 1.54) is 0 Å². The fourth-order valence-corrected chi connectivity index (χ4v) is 6.02. The van der Waals surface area contributed by atoms with Gasteiger partial charge in [0, 0.05) is 31.5 Å². The normalized spacial score (nSPS) is 16.1. The van der Waals surface area contributed by atoms with Crippen LogP contribution < -0.4 is 0 Å². The molecule has 2 unspecified atom stereocenters. The van der Waals surface area contributed by atoms with E-state index >= 15 is 0 Å². The van der Waals surface area contributed by atoms with E-state index in [0.29, 0.717) is 22.4 Å². The summed E-state index contributed by atoms with van der Waals surface area (Å²) in [5.41, 5.74) is 3.67. The number of hydrogen-bond donors (Lipinski definition) is 1. The summed E-state index contributed by atoms with van der Waals surface area (Å²) >= 11 is 6.70. The number of methoxy groups -OCH3 is 1. The van der Waals surface area contributed by atoms with Crippen molar-refractivity contribution in [2.75, 3.05) is 13.7 Å². The Hall–Kier alpha value is -2.15. The highest BCUT2D eigenvalue weighted by Gasteiger charge is 2.37. The monoisotopic (exact) mass is 472 g/mol. The van der Waals surface area contributed by atoms with Gasteiger partial charge < -0.3 is 9.72 Å². The van der Waals surface area contributed by atoms with Crippen LogP contribution in [0.4, 0.5) is 0 Å². The maximum atomic E-state index is 12.6. The van der Waals surface area contributed by atoms with Crippen LogP contribution >= 0.6 is 11.6 Å². The quantitative estimate of drug-likeness (QED) is 0.401. The van der Waals surface area contributed by atoms with E-state index in [1.54, 1.807) is 25.4 Å². The average Bonchev–Trinajstić information content (AvgIpc) is 3.60. The Morgan fingerprint density at radius 3 is 2.56 bits per heavy atom. The Kier molecular flexibility index (Phi) is 7.03. The summed E-state index contributed by atoms with van der Waals surface area (Å²) in [5.74, 6) is 0.400. The molecule has 1 aliphatic rings. The zero-order valence-corrected chi connectivity index (χ0v) is 20.0. The molecule has 2 atom stereocenters. The molecule has 1 aromatic carbocycles. The first-order valence-electron chi connectivity index (χ1n) is 11.0. The van der Waals surface area contributed by atoms with Gasteiger partial charge in [0.25, 0.3) is 0 Å². The SMILES string of the molecule is COCCC(C)CC(c1ccc(S(=O)(=O)C2CC2)cc1)c1[nH]c(-c2ccccn2)cc1Cl. The molecule has 1 aliphatic carbocycles. The lowest BCUT2D eigenvalue weighted by molar-refractivity contribution is 0.177. The van der Waals surface area contributed by atoms with Crippen molar-refractivity contribution in [1.82, 2.24) is 9.97 Å². The molecule has 0 amide bonds. The fraction of sp³-hybridized carbons (Fsp3) is 0.400. The third kappa shape index (κ3) is 5.08. The number of ether oxygens (including phenoxy) is 1. The lowest BCUT2D eigenvalue weighted by Gasteiger charge is -2.22. The first-order valence-corrected chi connectivity index (χ1v) is 12.9. The van der Waals surface area contributed by atoms with Crippen LogP contribution in [0.2, 0.25) is 5.02 Å². The maximum Gasteiger partial charge on any atom is 0.181 e. The van der Waals surface area contributed by atoms with Gasteiger partial charge in [-0.3, -0.25) is 4.98 Å². The lowest BCUT2D eigenvalue weighted by atomic mass is 9.86. The predicted molar refractivity (Wildman–Crippen MR) is 128 cm³/mol. The second-order valence-corrected chi connectivity index (χ2v) is 11.3. The molecule has 1 saturated carbocycles. The van der Waals surface area contributed by atoms with Gasteiger partial charge in [0.1, 0.15) is 0 Å². The molecule has 4 rings (SSSR count). The molecular weight excluding hydrogens is 444 g/mol. The Morgan fingerprint density at radius 2 is 1.94 bits per heavy atom. The Labute approximate surface area is 195 Å². The van der Waals surface area contributed by atoms with E-state index in [2.05, 4.69) is 16.9 Å². The Bertz CT molecular complexity index is 1140. The number of aromatic nitrogens is 2. The summed E-state index contributed by atoms with van der Waals surface area (Å²) in [6.45, 7) is 2.90. The number of halogens is 1. The molecule has 1 N–H and O–H groups in total. The Morgan fingerprint density at radius 1 is 1.19 bits per heavy atom.